The number of esters is 1. The predicted molar refractivity (Wildman–Crippen MR) is 53.4 cm³/mol. The van der Waals surface area contributed by atoms with Crippen molar-refractivity contribution < 1.29 is 18.8 Å². The molecule has 1 aromatic rings. The molecule has 0 aliphatic carbocycles. The van der Waals surface area contributed by atoms with E-state index in [1.165, 1.54) is 0 Å². The maximum absolute atomic E-state index is 12.9. The molecule has 86 valence electrons. The van der Waals surface area contributed by atoms with Gasteiger partial charge in [0.25, 0.3) is 5.69 Å². The zero-order chi connectivity index (χ0) is 12.1. The summed E-state index contributed by atoms with van der Waals surface area (Å²) in [6.07, 6.45) is -0.304. The molecule has 1 rings (SSSR count). The molecule has 0 atom stereocenters. The van der Waals surface area contributed by atoms with Crippen molar-refractivity contribution in [1.29, 1.82) is 0 Å². The summed E-state index contributed by atoms with van der Waals surface area (Å²) >= 11 is 0. The molecule has 0 aliphatic rings. The highest BCUT2D eigenvalue weighted by atomic mass is 19.1. The number of halogens is 1. The number of rotatable bonds is 4. The van der Waals surface area contributed by atoms with Crippen molar-refractivity contribution in [2.45, 2.75) is 13.3 Å². The quantitative estimate of drug-likeness (QED) is 0.447. The molecule has 0 saturated heterocycles. The van der Waals surface area contributed by atoms with E-state index in [1.807, 2.05) is 0 Å². The fourth-order valence-corrected chi connectivity index (χ4v) is 1.24. The maximum atomic E-state index is 12.9. The van der Waals surface area contributed by atoms with Crippen LogP contribution in [0.3, 0.4) is 0 Å². The van der Waals surface area contributed by atoms with Crippen LogP contribution in [0.4, 0.5) is 10.1 Å². The summed E-state index contributed by atoms with van der Waals surface area (Å²) < 4.78 is 17.5. The molecule has 0 amide bonds. The Morgan fingerprint density at radius 1 is 1.56 bits per heavy atom. The number of nitro benzene ring substituents is 1. The van der Waals surface area contributed by atoms with E-state index in [2.05, 4.69) is 4.74 Å². The van der Waals surface area contributed by atoms with Gasteiger partial charge in [0, 0.05) is 11.6 Å². The first-order valence-corrected chi connectivity index (χ1v) is 4.63. The van der Waals surface area contributed by atoms with Crippen LogP contribution in [0.5, 0.6) is 0 Å². The van der Waals surface area contributed by atoms with Crippen LogP contribution in [0.2, 0.25) is 0 Å². The molecule has 0 aliphatic heterocycles. The Morgan fingerprint density at radius 2 is 2.25 bits per heavy atom. The first kappa shape index (κ1) is 12.1. The van der Waals surface area contributed by atoms with Crippen molar-refractivity contribution in [2.24, 2.45) is 0 Å². The minimum absolute atomic E-state index is 0.0171. The average molecular weight is 227 g/mol. The van der Waals surface area contributed by atoms with E-state index in [0.717, 1.165) is 18.2 Å². The highest BCUT2D eigenvalue weighted by Crippen LogP contribution is 2.20. The monoisotopic (exact) mass is 227 g/mol. The molecule has 0 spiro atoms. The van der Waals surface area contributed by atoms with Crippen LogP contribution < -0.4 is 0 Å². The lowest BCUT2D eigenvalue weighted by Gasteiger charge is -2.03. The summed E-state index contributed by atoms with van der Waals surface area (Å²) in [7, 11) is 0. The Labute approximate surface area is 91.0 Å². The molecule has 0 unspecified atom stereocenters. The van der Waals surface area contributed by atoms with Crippen LogP contribution in [-0.2, 0) is 16.0 Å². The number of hydrogen-bond acceptors (Lipinski definition) is 4. The van der Waals surface area contributed by atoms with E-state index in [9.17, 15) is 19.3 Å². The van der Waals surface area contributed by atoms with Crippen molar-refractivity contribution in [3.8, 4) is 0 Å². The van der Waals surface area contributed by atoms with Crippen molar-refractivity contribution in [3.63, 3.8) is 0 Å². The predicted octanol–water partition coefficient (Wildman–Crippen LogP) is 1.84. The third-order valence-electron chi connectivity index (χ3n) is 1.88. The van der Waals surface area contributed by atoms with E-state index in [1.54, 1.807) is 6.92 Å². The molecular weight excluding hydrogens is 217 g/mol. The number of ether oxygens (including phenoxy) is 1. The number of carbonyl (C=O) groups excluding carboxylic acids is 1. The lowest BCUT2D eigenvalue weighted by molar-refractivity contribution is -0.385. The fourth-order valence-electron chi connectivity index (χ4n) is 1.24. The van der Waals surface area contributed by atoms with Crippen molar-refractivity contribution in [3.05, 3.63) is 39.7 Å². The van der Waals surface area contributed by atoms with Crippen LogP contribution in [0.1, 0.15) is 12.5 Å². The van der Waals surface area contributed by atoms with Gasteiger partial charge in [0.2, 0.25) is 0 Å². The van der Waals surface area contributed by atoms with Gasteiger partial charge in [-0.15, -0.1) is 0 Å². The van der Waals surface area contributed by atoms with Gasteiger partial charge in [0.05, 0.1) is 18.0 Å². The minimum atomic E-state index is -0.659. The Kier molecular flexibility index (Phi) is 3.93. The average Bonchev–Trinajstić information content (AvgIpc) is 2.17. The standard InChI is InChI=1S/C10H10FNO4/c1-2-16-10(13)6-7-5-8(11)3-4-9(7)12(14)15/h3-5H,2,6H2,1H3. The molecule has 0 heterocycles. The third kappa shape index (κ3) is 3.01. The molecule has 0 saturated carbocycles. The molecule has 5 nitrogen and oxygen atoms in total. The number of benzene rings is 1. The van der Waals surface area contributed by atoms with Gasteiger partial charge in [-0.05, 0) is 19.1 Å². The van der Waals surface area contributed by atoms with Gasteiger partial charge in [-0.25, -0.2) is 4.39 Å². The smallest absolute Gasteiger partial charge is 0.310 e. The van der Waals surface area contributed by atoms with Crippen LogP contribution in [0.15, 0.2) is 18.2 Å². The third-order valence-corrected chi connectivity index (χ3v) is 1.88. The largest absolute Gasteiger partial charge is 0.466 e. The van der Waals surface area contributed by atoms with Gasteiger partial charge in [-0.2, -0.15) is 0 Å². The summed E-state index contributed by atoms with van der Waals surface area (Å²) in [5.74, 6) is -1.24. The fraction of sp³-hybridized carbons (Fsp3) is 0.300. The molecule has 0 N–H and O–H groups in total. The van der Waals surface area contributed by atoms with Gasteiger partial charge >= 0.3 is 5.97 Å². The van der Waals surface area contributed by atoms with E-state index in [-0.39, 0.29) is 24.3 Å². The van der Waals surface area contributed by atoms with E-state index in [0.29, 0.717) is 0 Å². The second-order valence-electron chi connectivity index (χ2n) is 3.01. The Hall–Kier alpha value is -1.98. The molecule has 0 fully saturated rings. The normalized spacial score (nSPS) is 9.88. The van der Waals surface area contributed by atoms with Gasteiger partial charge in [0.1, 0.15) is 5.82 Å². The summed E-state index contributed by atoms with van der Waals surface area (Å²) in [6.45, 7) is 1.81. The zero-order valence-corrected chi connectivity index (χ0v) is 8.60. The molecular formula is C10H10FNO4. The first-order chi connectivity index (χ1) is 7.54. The van der Waals surface area contributed by atoms with Crippen molar-refractivity contribution >= 4 is 11.7 Å². The lowest BCUT2D eigenvalue weighted by Crippen LogP contribution is -2.09. The van der Waals surface area contributed by atoms with Crippen LogP contribution in [0.25, 0.3) is 0 Å². The maximum Gasteiger partial charge on any atom is 0.310 e. The second kappa shape index (κ2) is 5.20. The molecule has 16 heavy (non-hydrogen) atoms. The number of hydrogen-bond donors (Lipinski definition) is 0. The van der Waals surface area contributed by atoms with Crippen LogP contribution in [-0.4, -0.2) is 17.5 Å². The van der Waals surface area contributed by atoms with Gasteiger partial charge in [0.15, 0.2) is 0 Å². The summed E-state index contributed by atoms with van der Waals surface area (Å²) in [6, 6.07) is 2.98. The first-order valence-electron chi connectivity index (χ1n) is 4.63. The number of nitro groups is 1. The number of carbonyl (C=O) groups is 1. The van der Waals surface area contributed by atoms with E-state index < -0.39 is 16.7 Å². The summed E-state index contributed by atoms with van der Waals surface area (Å²) in [5, 5.41) is 10.6. The number of nitrogens with zero attached hydrogens (tertiary/aromatic N) is 1. The Morgan fingerprint density at radius 3 is 2.81 bits per heavy atom. The van der Waals surface area contributed by atoms with E-state index in [4.69, 9.17) is 0 Å². The highest BCUT2D eigenvalue weighted by Gasteiger charge is 2.17. The summed E-state index contributed by atoms with van der Waals surface area (Å²) in [5.41, 5.74) is -0.266. The van der Waals surface area contributed by atoms with E-state index >= 15 is 0 Å². The molecule has 6 heteroatoms. The van der Waals surface area contributed by atoms with Crippen LogP contribution >= 0.6 is 0 Å². The van der Waals surface area contributed by atoms with Gasteiger partial charge < -0.3 is 4.74 Å². The Bertz CT molecular complexity index is 419. The van der Waals surface area contributed by atoms with Crippen LogP contribution in [0, 0.1) is 15.9 Å². The SMILES string of the molecule is CCOC(=O)Cc1cc(F)ccc1[N+](=O)[O-]. The summed E-state index contributed by atoms with van der Waals surface area (Å²) in [4.78, 5) is 21.1. The molecule has 0 radical (unpaired) electrons. The van der Waals surface area contributed by atoms with Gasteiger partial charge in [-0.3, -0.25) is 14.9 Å². The molecule has 0 aromatic heterocycles. The molecule has 1 aromatic carbocycles. The van der Waals surface area contributed by atoms with Crippen molar-refractivity contribution in [2.75, 3.05) is 6.61 Å². The highest BCUT2D eigenvalue weighted by molar-refractivity contribution is 5.74. The second-order valence-corrected chi connectivity index (χ2v) is 3.01. The Balaban J connectivity index is 2.96. The topological polar surface area (TPSA) is 69.4 Å². The zero-order valence-electron chi connectivity index (χ0n) is 8.60. The minimum Gasteiger partial charge on any atom is -0.466 e. The van der Waals surface area contributed by atoms with Gasteiger partial charge in [-0.1, -0.05) is 0 Å². The van der Waals surface area contributed by atoms with Crippen molar-refractivity contribution in [1.82, 2.24) is 0 Å². The lowest BCUT2D eigenvalue weighted by atomic mass is 10.1. The molecule has 0 bridgehead atoms.